The van der Waals surface area contributed by atoms with Crippen LogP contribution in [0.15, 0.2) is 72.9 Å². The first kappa shape index (κ1) is 37.2. The third-order valence-corrected chi connectivity index (χ3v) is 10.7. The summed E-state index contributed by atoms with van der Waals surface area (Å²) in [6, 6.07) is 20.0. The van der Waals surface area contributed by atoms with E-state index in [1.165, 1.54) is 11.6 Å². The van der Waals surface area contributed by atoms with Crippen molar-refractivity contribution in [3.8, 4) is 11.1 Å². The van der Waals surface area contributed by atoms with Gasteiger partial charge in [0.1, 0.15) is 5.82 Å². The number of halogens is 1. The molecule has 0 atom stereocenters. The van der Waals surface area contributed by atoms with Crippen molar-refractivity contribution in [1.82, 2.24) is 30.7 Å². The first-order chi connectivity index (χ1) is 26.4. The lowest BCUT2D eigenvalue weighted by Gasteiger charge is -2.26. The predicted molar refractivity (Wildman–Crippen MR) is 210 cm³/mol. The van der Waals surface area contributed by atoms with Crippen LogP contribution < -0.4 is 21.3 Å². The number of benzene rings is 3. The van der Waals surface area contributed by atoms with E-state index in [0.717, 1.165) is 84.3 Å². The van der Waals surface area contributed by atoms with Gasteiger partial charge in [-0.3, -0.25) is 9.59 Å². The van der Waals surface area contributed by atoms with Crippen molar-refractivity contribution < 1.29 is 18.7 Å². The van der Waals surface area contributed by atoms with Crippen LogP contribution in [0.4, 0.5) is 10.1 Å². The number of anilines is 1. The summed E-state index contributed by atoms with van der Waals surface area (Å²) in [6.45, 7) is 8.78. The van der Waals surface area contributed by atoms with Gasteiger partial charge in [-0.05, 0) is 111 Å². The maximum atomic E-state index is 15.1. The Labute approximate surface area is 316 Å². The van der Waals surface area contributed by atoms with Crippen LogP contribution in [0, 0.1) is 11.7 Å². The zero-order chi connectivity index (χ0) is 37.4. The molecule has 282 valence electrons. The Kier molecular flexibility index (Phi) is 11.9. The van der Waals surface area contributed by atoms with Gasteiger partial charge in [0, 0.05) is 66.8 Å². The monoisotopic (exact) mass is 731 g/mol. The van der Waals surface area contributed by atoms with Crippen LogP contribution in [-0.4, -0.2) is 58.9 Å². The van der Waals surface area contributed by atoms with Gasteiger partial charge in [0.2, 0.25) is 0 Å². The third kappa shape index (κ3) is 8.63. The summed E-state index contributed by atoms with van der Waals surface area (Å²) in [4.78, 5) is 31.9. The normalized spacial score (nSPS) is 15.3. The number of carbonyl (C=O) groups is 2. The lowest BCUT2D eigenvalue weighted by Crippen LogP contribution is -2.30. The summed E-state index contributed by atoms with van der Waals surface area (Å²) in [7, 11) is 0. The summed E-state index contributed by atoms with van der Waals surface area (Å²) < 4.78 is 22.6. The van der Waals surface area contributed by atoms with E-state index in [9.17, 15) is 9.59 Å². The molecule has 0 saturated carbocycles. The molecule has 0 unspecified atom stereocenters. The molecule has 5 aromatic rings. The van der Waals surface area contributed by atoms with Gasteiger partial charge in [0.05, 0.1) is 17.3 Å². The quantitative estimate of drug-likeness (QED) is 0.105. The van der Waals surface area contributed by atoms with Gasteiger partial charge in [0.25, 0.3) is 11.8 Å². The molecule has 4 heterocycles. The Morgan fingerprint density at radius 3 is 2.37 bits per heavy atom. The number of hydrogen-bond donors (Lipinski definition) is 4. The van der Waals surface area contributed by atoms with E-state index >= 15 is 4.39 Å². The minimum absolute atomic E-state index is 0.212. The number of ether oxygens (including phenoxy) is 1. The Bertz CT molecular complexity index is 2100. The molecule has 2 saturated heterocycles. The van der Waals surface area contributed by atoms with Crippen LogP contribution in [0.1, 0.15) is 82.6 Å². The maximum Gasteiger partial charge on any atom is 0.251 e. The smallest absolute Gasteiger partial charge is 0.251 e. The summed E-state index contributed by atoms with van der Waals surface area (Å²) in [5.41, 5.74) is 7.68. The van der Waals surface area contributed by atoms with Crippen LogP contribution >= 0.6 is 0 Å². The molecule has 7 rings (SSSR count). The lowest BCUT2D eigenvalue weighted by molar-refractivity contribution is 0.0904. The lowest BCUT2D eigenvalue weighted by atomic mass is 9.89. The topological polar surface area (TPSA) is 122 Å². The molecule has 0 radical (unpaired) electrons. The predicted octanol–water partition coefficient (Wildman–Crippen LogP) is 6.81. The number of pyridine rings is 1. The molecule has 0 spiro atoms. The number of nitrogens with one attached hydrogen (secondary N) is 4. The number of carbonyl (C=O) groups excluding carboxylic acids is 2. The summed E-state index contributed by atoms with van der Waals surface area (Å²) in [5.74, 6) is -0.280. The Hall–Kier alpha value is -5.13. The molecule has 2 aliphatic heterocycles. The van der Waals surface area contributed by atoms with Gasteiger partial charge in [-0.25, -0.2) is 14.1 Å². The van der Waals surface area contributed by atoms with Crippen molar-refractivity contribution >= 4 is 28.5 Å². The van der Waals surface area contributed by atoms with Gasteiger partial charge in [-0.1, -0.05) is 43.3 Å². The summed E-state index contributed by atoms with van der Waals surface area (Å²) in [5, 5.41) is 18.7. The van der Waals surface area contributed by atoms with Crippen molar-refractivity contribution in [3.63, 3.8) is 0 Å². The minimum Gasteiger partial charge on any atom is -0.381 e. The second-order valence-electron chi connectivity index (χ2n) is 14.4. The SMILES string of the molecule is CCc1nc2c(cnn2CC)c(NC2CCOCC2)c1CNC(=O)c1cccc(C(=O)NCc2ccc(F)c(-c3cccc(CC4CCNCC4)c3)c2)c1. The van der Waals surface area contributed by atoms with Crippen LogP contribution in [0.3, 0.4) is 0 Å². The van der Waals surface area contributed by atoms with Crippen molar-refractivity contribution in [2.75, 3.05) is 31.6 Å². The highest BCUT2D eigenvalue weighted by Crippen LogP contribution is 2.32. The second kappa shape index (κ2) is 17.3. The standard InChI is InChI=1S/C43H50FN7O3/c1-3-39-36(40(49-34-15-19-54-20-16-34)37-27-48-51(4-2)41(37)50-39)26-47-43(53)33-10-6-9-32(24-33)42(52)46-25-30-11-12-38(44)35(23-30)31-8-5-7-29(22-31)21-28-13-17-45-18-14-28/h5-12,22-24,27-28,34,45H,3-4,13-21,25-26H2,1-2H3,(H,46,52)(H,47,53)(H,49,50). The highest BCUT2D eigenvalue weighted by atomic mass is 19.1. The number of amides is 2. The zero-order valence-corrected chi connectivity index (χ0v) is 31.2. The number of nitrogens with zero attached hydrogens (tertiary/aromatic N) is 3. The van der Waals surface area contributed by atoms with Crippen LogP contribution in [0.25, 0.3) is 22.2 Å². The molecule has 4 N–H and O–H groups in total. The van der Waals surface area contributed by atoms with E-state index in [4.69, 9.17) is 9.72 Å². The minimum atomic E-state index is -0.321. The van der Waals surface area contributed by atoms with E-state index in [2.05, 4.69) is 45.4 Å². The Morgan fingerprint density at radius 1 is 0.889 bits per heavy atom. The van der Waals surface area contributed by atoms with Crippen molar-refractivity contribution in [3.05, 3.63) is 112 Å². The van der Waals surface area contributed by atoms with Gasteiger partial charge in [-0.15, -0.1) is 0 Å². The van der Waals surface area contributed by atoms with E-state index in [-0.39, 0.29) is 36.8 Å². The fraction of sp³-hybridized carbons (Fsp3) is 0.395. The number of aromatic nitrogens is 3. The van der Waals surface area contributed by atoms with Gasteiger partial charge in [-0.2, -0.15) is 5.10 Å². The fourth-order valence-corrected chi connectivity index (χ4v) is 7.65. The number of hydrogen-bond acceptors (Lipinski definition) is 7. The van der Waals surface area contributed by atoms with Crippen molar-refractivity contribution in [2.45, 2.75) is 78.0 Å². The maximum absolute atomic E-state index is 15.1. The third-order valence-electron chi connectivity index (χ3n) is 10.7. The Balaban J connectivity index is 1.02. The van der Waals surface area contributed by atoms with E-state index in [0.29, 0.717) is 48.8 Å². The molecule has 0 bridgehead atoms. The molecule has 3 aromatic carbocycles. The molecule has 11 heteroatoms. The van der Waals surface area contributed by atoms with Gasteiger partial charge in [0.15, 0.2) is 5.65 Å². The molecule has 2 fully saturated rings. The molecule has 2 aromatic heterocycles. The van der Waals surface area contributed by atoms with Crippen LogP contribution in [-0.2, 0) is 37.2 Å². The molecule has 10 nitrogen and oxygen atoms in total. The van der Waals surface area contributed by atoms with Crippen molar-refractivity contribution in [1.29, 1.82) is 0 Å². The number of piperidine rings is 1. The summed E-state index contributed by atoms with van der Waals surface area (Å²) in [6.07, 6.45) is 7.61. The zero-order valence-electron chi connectivity index (χ0n) is 31.2. The van der Waals surface area contributed by atoms with Crippen LogP contribution in [0.2, 0.25) is 0 Å². The summed E-state index contributed by atoms with van der Waals surface area (Å²) >= 11 is 0. The van der Waals surface area contributed by atoms with Gasteiger partial charge < -0.3 is 26.0 Å². The van der Waals surface area contributed by atoms with E-state index in [1.54, 1.807) is 36.4 Å². The molecule has 0 aliphatic carbocycles. The Morgan fingerprint density at radius 2 is 1.63 bits per heavy atom. The second-order valence-corrected chi connectivity index (χ2v) is 14.4. The van der Waals surface area contributed by atoms with E-state index < -0.39 is 0 Å². The molecule has 2 aliphatic rings. The average molecular weight is 732 g/mol. The van der Waals surface area contributed by atoms with Gasteiger partial charge >= 0.3 is 0 Å². The average Bonchev–Trinajstić information content (AvgIpc) is 3.63. The number of aryl methyl sites for hydroxylation is 2. The number of fused-ring (bicyclic) bond motifs is 1. The molecule has 2 amide bonds. The van der Waals surface area contributed by atoms with E-state index in [1.807, 2.05) is 29.9 Å². The van der Waals surface area contributed by atoms with Crippen LogP contribution in [0.5, 0.6) is 0 Å². The van der Waals surface area contributed by atoms with Crippen molar-refractivity contribution in [2.24, 2.45) is 5.92 Å². The first-order valence-electron chi connectivity index (χ1n) is 19.4. The highest BCUT2D eigenvalue weighted by Gasteiger charge is 2.23. The molecular weight excluding hydrogens is 682 g/mol. The first-order valence-corrected chi connectivity index (χ1v) is 19.4. The molecule has 54 heavy (non-hydrogen) atoms. The fourth-order valence-electron chi connectivity index (χ4n) is 7.65. The number of rotatable bonds is 13. The largest absolute Gasteiger partial charge is 0.381 e. The highest BCUT2D eigenvalue weighted by molar-refractivity contribution is 6.00. The molecular formula is C43H50FN7O3.